The first kappa shape index (κ1) is 15.2. The van der Waals surface area contributed by atoms with Crippen LogP contribution in [-0.2, 0) is 6.42 Å². The van der Waals surface area contributed by atoms with E-state index in [-0.39, 0.29) is 0 Å². The van der Waals surface area contributed by atoms with Gasteiger partial charge in [-0.25, -0.2) is 15.0 Å². The lowest BCUT2D eigenvalue weighted by atomic mass is 10.1. The summed E-state index contributed by atoms with van der Waals surface area (Å²) >= 11 is 0. The van der Waals surface area contributed by atoms with Gasteiger partial charge in [0.1, 0.15) is 17.8 Å². The van der Waals surface area contributed by atoms with Crippen molar-refractivity contribution in [2.45, 2.75) is 27.2 Å². The van der Waals surface area contributed by atoms with Gasteiger partial charge in [-0.2, -0.15) is 0 Å². The van der Waals surface area contributed by atoms with Gasteiger partial charge in [0, 0.05) is 17.9 Å². The number of aromatic hydroxyl groups is 1. The van der Waals surface area contributed by atoms with Crippen molar-refractivity contribution in [3.05, 3.63) is 47.9 Å². The molecule has 0 saturated carbocycles. The quantitative estimate of drug-likeness (QED) is 0.875. The maximum atomic E-state index is 9.66. The number of aryl methyl sites for hydroxylation is 1. The number of phenolic OH excluding ortho intramolecular Hbond substituents is 1. The molecular weight excluding hydrogens is 288 g/mol. The predicted molar refractivity (Wildman–Crippen MR) is 93.2 cm³/mol. The molecular formula is C18H20N4O. The number of allylic oxidation sites excluding steroid dienone is 1. The highest BCUT2D eigenvalue weighted by Crippen LogP contribution is 2.40. The van der Waals surface area contributed by atoms with Crippen LogP contribution in [0.4, 0.5) is 17.2 Å². The Morgan fingerprint density at radius 2 is 2.09 bits per heavy atom. The summed E-state index contributed by atoms with van der Waals surface area (Å²) in [6.07, 6.45) is 2.44. The molecule has 0 bridgehead atoms. The Morgan fingerprint density at radius 3 is 2.83 bits per heavy atom. The van der Waals surface area contributed by atoms with Crippen LogP contribution < -0.4 is 4.90 Å². The average Bonchev–Trinajstić information content (AvgIpc) is 2.91. The highest BCUT2D eigenvalue weighted by atomic mass is 16.3. The number of hydrogen-bond acceptors (Lipinski definition) is 5. The van der Waals surface area contributed by atoms with E-state index in [9.17, 15) is 5.11 Å². The molecule has 2 heterocycles. The summed E-state index contributed by atoms with van der Waals surface area (Å²) in [5.74, 6) is 1.09. The van der Waals surface area contributed by atoms with Crippen molar-refractivity contribution in [3.63, 3.8) is 0 Å². The van der Waals surface area contributed by atoms with Crippen molar-refractivity contribution < 1.29 is 5.11 Å². The largest absolute Gasteiger partial charge is 0.508 e. The Hall–Kier alpha value is -2.69. The zero-order chi connectivity index (χ0) is 16.6. The normalized spacial score (nSPS) is 14.0. The highest BCUT2D eigenvalue weighted by Gasteiger charge is 2.25. The summed E-state index contributed by atoms with van der Waals surface area (Å²) in [6, 6.07) is 5.44. The summed E-state index contributed by atoms with van der Waals surface area (Å²) in [5, 5.41) is 9.66. The third-order valence-corrected chi connectivity index (χ3v) is 4.10. The monoisotopic (exact) mass is 308 g/mol. The molecule has 5 nitrogen and oxygen atoms in total. The van der Waals surface area contributed by atoms with Crippen LogP contribution in [0.2, 0.25) is 0 Å². The molecule has 1 aliphatic heterocycles. The minimum absolute atomic E-state index is 0.292. The van der Waals surface area contributed by atoms with Gasteiger partial charge in [-0.15, -0.1) is 0 Å². The highest BCUT2D eigenvalue weighted by molar-refractivity contribution is 5.99. The number of anilines is 2. The Morgan fingerprint density at radius 1 is 1.30 bits per heavy atom. The lowest BCUT2D eigenvalue weighted by Crippen LogP contribution is -2.15. The Balaban J connectivity index is 2.11. The van der Waals surface area contributed by atoms with E-state index in [1.807, 2.05) is 32.9 Å². The van der Waals surface area contributed by atoms with E-state index in [2.05, 4.69) is 21.4 Å². The molecule has 5 heteroatoms. The number of benzene rings is 1. The fourth-order valence-corrected chi connectivity index (χ4v) is 2.65. The van der Waals surface area contributed by atoms with E-state index in [1.165, 1.54) is 0 Å². The molecule has 1 aliphatic rings. The van der Waals surface area contributed by atoms with E-state index in [0.717, 1.165) is 52.7 Å². The number of aliphatic imine (C=N–C) groups is 1. The summed E-state index contributed by atoms with van der Waals surface area (Å²) in [5.41, 5.74) is 5.58. The first-order chi connectivity index (χ1) is 11.0. The van der Waals surface area contributed by atoms with Crippen molar-refractivity contribution in [1.82, 2.24) is 9.97 Å². The van der Waals surface area contributed by atoms with Gasteiger partial charge in [0.05, 0.1) is 5.69 Å². The number of rotatable bonds is 3. The Kier molecular flexibility index (Phi) is 3.86. The zero-order valence-corrected chi connectivity index (χ0v) is 13.7. The average molecular weight is 308 g/mol. The molecule has 2 aromatic rings. The summed E-state index contributed by atoms with van der Waals surface area (Å²) in [4.78, 5) is 15.6. The van der Waals surface area contributed by atoms with Crippen LogP contribution in [0.3, 0.4) is 0 Å². The molecule has 0 saturated heterocycles. The van der Waals surface area contributed by atoms with Gasteiger partial charge < -0.3 is 10.0 Å². The second-order valence-electron chi connectivity index (χ2n) is 5.82. The third kappa shape index (κ3) is 2.82. The molecule has 1 N–H and O–H groups in total. The first-order valence-corrected chi connectivity index (χ1v) is 7.59. The van der Waals surface area contributed by atoms with E-state index < -0.39 is 0 Å². The zero-order valence-electron chi connectivity index (χ0n) is 13.7. The van der Waals surface area contributed by atoms with Gasteiger partial charge in [-0.05, 0) is 56.5 Å². The van der Waals surface area contributed by atoms with E-state index in [4.69, 9.17) is 4.99 Å². The first-order valence-electron chi connectivity index (χ1n) is 7.59. The van der Waals surface area contributed by atoms with Crippen LogP contribution >= 0.6 is 0 Å². The van der Waals surface area contributed by atoms with Gasteiger partial charge in [0.25, 0.3) is 0 Å². The standard InChI is InChI=1S/C18H20N4O/c1-11(2)12(3)21-17-13(4)19-10-20-18(17)22-8-7-14-9-15(23)5-6-16(14)22/h5-6,9-10,23H,1,7-8H2,2-4H3/b21-12+. The fourth-order valence-electron chi connectivity index (χ4n) is 2.65. The van der Waals surface area contributed by atoms with Crippen molar-refractivity contribution in [3.8, 4) is 5.75 Å². The van der Waals surface area contributed by atoms with E-state index in [0.29, 0.717) is 5.75 Å². The smallest absolute Gasteiger partial charge is 0.162 e. The molecule has 0 amide bonds. The Bertz CT molecular complexity index is 811. The van der Waals surface area contributed by atoms with Crippen LogP contribution in [0.5, 0.6) is 5.75 Å². The van der Waals surface area contributed by atoms with Crippen molar-refractivity contribution >= 4 is 22.9 Å². The summed E-state index contributed by atoms with van der Waals surface area (Å²) in [6.45, 7) is 10.6. The maximum absolute atomic E-state index is 9.66. The topological polar surface area (TPSA) is 61.6 Å². The van der Waals surface area contributed by atoms with Crippen molar-refractivity contribution in [2.24, 2.45) is 4.99 Å². The van der Waals surface area contributed by atoms with Gasteiger partial charge in [0.2, 0.25) is 0 Å². The lowest BCUT2D eigenvalue weighted by molar-refractivity contribution is 0.475. The molecule has 0 radical (unpaired) electrons. The van der Waals surface area contributed by atoms with Gasteiger partial charge in [-0.3, -0.25) is 0 Å². The fraction of sp³-hybridized carbons (Fsp3) is 0.278. The summed E-state index contributed by atoms with van der Waals surface area (Å²) < 4.78 is 0. The van der Waals surface area contributed by atoms with Gasteiger partial charge >= 0.3 is 0 Å². The molecule has 1 aromatic carbocycles. The second kappa shape index (κ2) is 5.83. The number of fused-ring (bicyclic) bond motifs is 1. The number of phenols is 1. The van der Waals surface area contributed by atoms with Crippen LogP contribution in [0.1, 0.15) is 25.1 Å². The van der Waals surface area contributed by atoms with E-state index >= 15 is 0 Å². The molecule has 3 rings (SSSR count). The van der Waals surface area contributed by atoms with Crippen LogP contribution in [-0.4, -0.2) is 27.3 Å². The maximum Gasteiger partial charge on any atom is 0.162 e. The van der Waals surface area contributed by atoms with Crippen LogP contribution in [0.15, 0.2) is 41.7 Å². The van der Waals surface area contributed by atoms with Crippen LogP contribution in [0.25, 0.3) is 0 Å². The minimum atomic E-state index is 0.292. The minimum Gasteiger partial charge on any atom is -0.508 e. The van der Waals surface area contributed by atoms with Gasteiger partial charge in [-0.1, -0.05) is 6.58 Å². The van der Waals surface area contributed by atoms with E-state index in [1.54, 1.807) is 12.4 Å². The molecule has 0 unspecified atom stereocenters. The summed E-state index contributed by atoms with van der Waals surface area (Å²) in [7, 11) is 0. The molecule has 0 atom stereocenters. The van der Waals surface area contributed by atoms with Gasteiger partial charge in [0.15, 0.2) is 5.82 Å². The predicted octanol–water partition coefficient (Wildman–Crippen LogP) is 3.85. The lowest BCUT2D eigenvalue weighted by Gasteiger charge is -2.20. The molecule has 118 valence electrons. The SMILES string of the molecule is C=C(C)/C(C)=N/c1c(C)ncnc1N1CCc2cc(O)ccc21. The third-order valence-electron chi connectivity index (χ3n) is 4.10. The second-order valence-corrected chi connectivity index (χ2v) is 5.82. The van der Waals surface area contributed by atoms with Crippen molar-refractivity contribution in [1.29, 1.82) is 0 Å². The molecule has 0 spiro atoms. The van der Waals surface area contributed by atoms with Crippen molar-refractivity contribution in [2.75, 3.05) is 11.4 Å². The number of nitrogens with zero attached hydrogens (tertiary/aromatic N) is 4. The molecule has 23 heavy (non-hydrogen) atoms. The molecule has 1 aromatic heterocycles. The van der Waals surface area contributed by atoms with Crippen LogP contribution in [0, 0.1) is 6.92 Å². The number of hydrogen-bond donors (Lipinski definition) is 1. The Labute approximate surface area is 136 Å². The molecule has 0 fully saturated rings. The number of aromatic nitrogens is 2. The molecule has 0 aliphatic carbocycles.